The molecule has 2 aromatic rings. The van der Waals surface area contributed by atoms with Crippen molar-refractivity contribution in [2.75, 3.05) is 38.0 Å². The van der Waals surface area contributed by atoms with Gasteiger partial charge in [-0.25, -0.2) is 23.8 Å². The summed E-state index contributed by atoms with van der Waals surface area (Å²) in [7, 11) is 0. The third-order valence-electron chi connectivity index (χ3n) is 11.5. The van der Waals surface area contributed by atoms with Gasteiger partial charge in [0.2, 0.25) is 5.60 Å². The van der Waals surface area contributed by atoms with Crippen molar-refractivity contribution in [1.82, 2.24) is 20.5 Å². The van der Waals surface area contributed by atoms with Crippen LogP contribution < -0.4 is 16.0 Å². The Morgan fingerprint density at radius 1 is 1.03 bits per heavy atom. The molecule has 2 bridgehead atoms. The van der Waals surface area contributed by atoms with Gasteiger partial charge in [0.1, 0.15) is 35.0 Å². The van der Waals surface area contributed by atoms with Gasteiger partial charge in [-0.2, -0.15) is 0 Å². The van der Waals surface area contributed by atoms with E-state index in [0.717, 1.165) is 28.4 Å². The second-order valence-corrected chi connectivity index (χ2v) is 19.7. The zero-order valence-electron chi connectivity index (χ0n) is 35.1. The molecule has 0 aliphatic carbocycles. The number of aromatic nitrogens is 1. The Balaban J connectivity index is 1.13. The summed E-state index contributed by atoms with van der Waals surface area (Å²) >= 11 is 2.21. The maximum atomic E-state index is 14.0. The Kier molecular flexibility index (Phi) is 12.8. The number of aliphatic carboxylic acids is 2. The van der Waals surface area contributed by atoms with E-state index < -0.39 is 92.4 Å². The number of aromatic hydroxyl groups is 2. The van der Waals surface area contributed by atoms with Crippen LogP contribution in [0.1, 0.15) is 72.1 Å². The van der Waals surface area contributed by atoms with Crippen LogP contribution in [0.4, 0.5) is 14.3 Å². The Hall–Kier alpha value is -6.01. The van der Waals surface area contributed by atoms with Crippen LogP contribution in [-0.2, 0) is 33.5 Å². The van der Waals surface area contributed by atoms with Crippen molar-refractivity contribution < 1.29 is 72.8 Å². The van der Waals surface area contributed by atoms with Crippen LogP contribution >= 0.6 is 23.1 Å². The largest absolute Gasteiger partial charge is 0.504 e. The highest BCUT2D eigenvalue weighted by molar-refractivity contribution is 8.00. The molecule has 6 heterocycles. The number of rotatable bonds is 14. The highest BCUT2D eigenvalue weighted by atomic mass is 32.2. The predicted molar refractivity (Wildman–Crippen MR) is 223 cm³/mol. The number of phenols is 2. The Morgan fingerprint density at radius 2 is 1.68 bits per heavy atom. The van der Waals surface area contributed by atoms with E-state index in [1.165, 1.54) is 31.0 Å². The lowest BCUT2D eigenvalue weighted by Crippen LogP contribution is -2.72. The Bertz CT molecular complexity index is 2290. The molecule has 0 radical (unpaired) electrons. The van der Waals surface area contributed by atoms with Crippen molar-refractivity contribution in [2.45, 2.75) is 88.7 Å². The first-order valence-corrected chi connectivity index (χ1v) is 21.5. The molecule has 8 N–H and O–H groups in total. The van der Waals surface area contributed by atoms with E-state index >= 15 is 0 Å². The Labute approximate surface area is 367 Å². The van der Waals surface area contributed by atoms with Crippen LogP contribution in [0.2, 0.25) is 0 Å². The highest BCUT2D eigenvalue weighted by Crippen LogP contribution is 2.48. The number of piperidine rings is 3. The summed E-state index contributed by atoms with van der Waals surface area (Å²) in [5.41, 5.74) is -4.08. The minimum Gasteiger partial charge on any atom is -0.504 e. The third-order valence-corrected chi connectivity index (χ3v) is 13.7. The molecular weight excluding hydrogens is 872 g/mol. The summed E-state index contributed by atoms with van der Waals surface area (Å²) in [6.07, 6.45) is 1.14. The van der Waals surface area contributed by atoms with Crippen molar-refractivity contribution >= 4 is 75.4 Å². The van der Waals surface area contributed by atoms with Gasteiger partial charge >= 0.3 is 18.0 Å². The molecule has 1 aromatic carbocycles. The van der Waals surface area contributed by atoms with E-state index in [2.05, 4.69) is 31.2 Å². The molecule has 4 fully saturated rings. The van der Waals surface area contributed by atoms with Crippen LogP contribution in [0.3, 0.4) is 0 Å². The highest BCUT2D eigenvalue weighted by Gasteiger charge is 2.58. The van der Waals surface area contributed by atoms with Crippen LogP contribution in [0, 0.1) is 11.2 Å². The smallest absolute Gasteiger partial charge is 0.413 e. The number of thiazole rings is 1. The number of ether oxygens (including phenoxy) is 1. The molecule has 0 saturated carbocycles. The van der Waals surface area contributed by atoms with Gasteiger partial charge in [0, 0.05) is 53.0 Å². The van der Waals surface area contributed by atoms with Crippen molar-refractivity contribution in [1.29, 1.82) is 0 Å². The molecule has 63 heavy (non-hydrogen) atoms. The molecule has 21 nitrogen and oxygen atoms in total. The fourth-order valence-electron chi connectivity index (χ4n) is 7.80. The molecule has 0 spiro atoms. The van der Waals surface area contributed by atoms with E-state index in [9.17, 15) is 58.8 Å². The number of hydrogen-bond donors (Lipinski definition) is 8. The zero-order valence-corrected chi connectivity index (χ0v) is 36.7. The lowest BCUT2D eigenvalue weighted by Gasteiger charge is -2.56. The van der Waals surface area contributed by atoms with Crippen molar-refractivity contribution in [3.8, 4) is 11.5 Å². The third kappa shape index (κ3) is 9.66. The quantitative estimate of drug-likeness (QED) is 0.0338. The number of oxime groups is 2. The zero-order chi connectivity index (χ0) is 46.4. The van der Waals surface area contributed by atoms with Crippen LogP contribution in [0.5, 0.6) is 11.5 Å². The molecule has 0 unspecified atom stereocenters. The van der Waals surface area contributed by atoms with E-state index in [1.807, 2.05) is 6.92 Å². The number of carbonyl (C=O) groups excluding carboxylic acids is 4. The van der Waals surface area contributed by atoms with E-state index in [-0.39, 0.29) is 34.0 Å². The molecule has 4 saturated heterocycles. The number of carboxylic acids is 2. The van der Waals surface area contributed by atoms with Gasteiger partial charge in [-0.15, -0.1) is 23.1 Å². The number of phenolic OH excluding ortho intramolecular Hbond substituents is 2. The topological polar surface area (TPSA) is 299 Å². The second kappa shape index (κ2) is 17.3. The fraction of sp³-hybridized carbons (Fsp3) is 0.513. The molecule has 340 valence electrons. The molecular formula is C39H48FN8O13S2+. The lowest BCUT2D eigenvalue weighted by molar-refractivity contribution is -0.941. The van der Waals surface area contributed by atoms with Crippen molar-refractivity contribution in [2.24, 2.45) is 15.7 Å². The maximum absolute atomic E-state index is 14.0. The first-order chi connectivity index (χ1) is 29.4. The molecule has 1 aromatic heterocycles. The fourth-order valence-corrected chi connectivity index (χ4v) is 9.93. The van der Waals surface area contributed by atoms with Crippen molar-refractivity contribution in [3.63, 3.8) is 0 Å². The molecule has 3 atom stereocenters. The lowest BCUT2D eigenvalue weighted by atomic mass is 9.70. The number of benzene rings is 1. The summed E-state index contributed by atoms with van der Waals surface area (Å²) in [6, 6.07) is 0.451. The minimum atomic E-state index is -1.88. The average molecular weight is 920 g/mol. The number of β-lactam (4-membered cyclic amide) rings is 1. The number of halogens is 1. The number of nitrogens with one attached hydrogen (secondary N) is 3. The van der Waals surface area contributed by atoms with Gasteiger partial charge < -0.3 is 50.3 Å². The van der Waals surface area contributed by atoms with E-state index in [1.54, 1.807) is 20.8 Å². The van der Waals surface area contributed by atoms with Gasteiger partial charge in [0.15, 0.2) is 33.9 Å². The number of amides is 4. The predicted octanol–water partition coefficient (Wildman–Crippen LogP) is 2.75. The summed E-state index contributed by atoms with van der Waals surface area (Å²) in [5, 5.41) is 63.7. The molecule has 5 aliphatic heterocycles. The van der Waals surface area contributed by atoms with Crippen LogP contribution in [0.25, 0.3) is 0 Å². The summed E-state index contributed by atoms with van der Waals surface area (Å²) in [5.74, 6) is -8.23. The first-order valence-electron chi connectivity index (χ1n) is 19.7. The van der Waals surface area contributed by atoms with Gasteiger partial charge in [0.05, 0.1) is 19.6 Å². The monoisotopic (exact) mass is 919 g/mol. The minimum absolute atomic E-state index is 0.0183. The summed E-state index contributed by atoms with van der Waals surface area (Å²) in [4.78, 5) is 88.4. The number of nitrogens with zero attached hydrogens (tertiary/aromatic N) is 5. The number of hydrogen-bond acceptors (Lipinski definition) is 16. The molecule has 5 aliphatic rings. The second-order valence-electron chi connectivity index (χ2n) is 17.4. The SMILES string of the molecule is C[C@@H]1S[C@@H]2[C@H](NC(=O)/C(=N\OC(C)(C)C(=O)O)c3csc(NC(=O)OC(C)(C)C)n3)C(=O)N2C(C(=O)O)=C1C[N+]12CCC(CNC(=O)/C(=N\O)c3cc(O)c(O)c(F)c3)(CC1)CC2. The summed E-state index contributed by atoms with van der Waals surface area (Å²) < 4.78 is 19.8. The van der Waals surface area contributed by atoms with E-state index in [4.69, 9.17) is 9.57 Å². The number of carboxylic acid groups (broad SMARTS) is 2. The van der Waals surface area contributed by atoms with Gasteiger partial charge in [-0.1, -0.05) is 10.3 Å². The standard InChI is InChI=1S/C39H47FN8O13S2/c1-18-20(15-48-10-7-39(8-11-48,9-12-48)17-41-29(51)24(45-59)19-13-21(40)28(50)23(49)14-19)27(33(54)55)47-31(53)26(32(47)63-18)43-30(52)25(46-61-38(5,6)34(56)57)22-16-62-35(42-22)44-36(58)60-37(2,3)4/h13-14,16,18,26,32H,7-12,15,17H2,1-6H3,(H7-,41,42,43,44,45,46,49,50,51,52,54,55,56,57,58,59)/p+1/t18-,26+,32+,39?,48?/m0/s1. The van der Waals surface area contributed by atoms with Gasteiger partial charge in [-0.3, -0.25) is 24.6 Å². The molecule has 7 rings (SSSR count). The van der Waals surface area contributed by atoms with Gasteiger partial charge in [-0.05, 0) is 53.7 Å². The Morgan fingerprint density at radius 3 is 2.25 bits per heavy atom. The normalized spacial score (nSPS) is 24.8. The average Bonchev–Trinajstić information content (AvgIpc) is 3.66. The number of thioether (sulfide) groups is 1. The van der Waals surface area contributed by atoms with Gasteiger partial charge in [0.25, 0.3) is 17.7 Å². The first kappa shape index (κ1) is 46.5. The van der Waals surface area contributed by atoms with Crippen molar-refractivity contribution in [3.05, 3.63) is 45.9 Å². The van der Waals surface area contributed by atoms with Crippen LogP contribution in [-0.4, -0.2) is 148 Å². The maximum Gasteiger partial charge on any atom is 0.413 e. The molecule has 4 amide bonds. The summed E-state index contributed by atoms with van der Waals surface area (Å²) in [6.45, 7) is 11.7. The number of carbonyl (C=O) groups is 6. The van der Waals surface area contributed by atoms with Crippen LogP contribution in [0.15, 0.2) is 39.1 Å². The number of fused-ring (bicyclic) bond motifs is 4. The van der Waals surface area contributed by atoms with E-state index in [0.29, 0.717) is 55.5 Å². The number of anilines is 1. The molecule has 24 heteroatoms. The number of quaternary nitrogens is 1.